The molecule has 4 aromatic rings. The second-order valence-electron chi connectivity index (χ2n) is 8.66. The van der Waals surface area contributed by atoms with Crippen molar-refractivity contribution in [2.75, 3.05) is 11.9 Å². The van der Waals surface area contributed by atoms with Gasteiger partial charge in [-0.3, -0.25) is 9.59 Å². The van der Waals surface area contributed by atoms with Gasteiger partial charge in [-0.15, -0.1) is 0 Å². The van der Waals surface area contributed by atoms with E-state index < -0.39 is 0 Å². The van der Waals surface area contributed by atoms with Crippen LogP contribution in [0.5, 0.6) is 5.75 Å². The first-order valence-corrected chi connectivity index (χ1v) is 11.6. The number of carbonyl (C=O) groups excluding carboxylic acids is 2. The summed E-state index contributed by atoms with van der Waals surface area (Å²) in [5.41, 5.74) is 7.61. The molecular weight excluding hydrogens is 438 g/mol. The van der Waals surface area contributed by atoms with Crippen molar-refractivity contribution in [1.29, 1.82) is 0 Å². The van der Waals surface area contributed by atoms with E-state index >= 15 is 0 Å². The molecule has 178 valence electrons. The summed E-state index contributed by atoms with van der Waals surface area (Å²) in [6.45, 7) is 9.84. The van der Waals surface area contributed by atoms with Crippen molar-refractivity contribution in [3.05, 3.63) is 89.2 Å². The van der Waals surface area contributed by atoms with Gasteiger partial charge in [-0.2, -0.15) is 0 Å². The van der Waals surface area contributed by atoms with Gasteiger partial charge in [-0.1, -0.05) is 42.0 Å². The molecule has 0 aliphatic carbocycles. The molecule has 0 aliphatic rings. The van der Waals surface area contributed by atoms with Crippen molar-refractivity contribution >= 4 is 33.9 Å². The number of hydrogen-bond donors (Lipinski definition) is 1. The first kappa shape index (κ1) is 24.0. The fraction of sp³-hybridized carbons (Fsp3) is 0.200. The molecule has 1 amide bonds. The highest BCUT2D eigenvalue weighted by Crippen LogP contribution is 2.40. The van der Waals surface area contributed by atoms with Crippen molar-refractivity contribution in [2.45, 2.75) is 34.6 Å². The molecule has 1 aromatic heterocycles. The Labute approximate surface area is 205 Å². The van der Waals surface area contributed by atoms with E-state index in [1.54, 1.807) is 36.6 Å². The third kappa shape index (κ3) is 5.04. The van der Waals surface area contributed by atoms with Crippen LogP contribution in [0.1, 0.15) is 47.8 Å². The standard InChI is InChI=1S/C30H29NO4/c1-6-34-29-20(4)30-26(27(17-35-30)22-12-10-18(2)11-13-22)16-25(29)19(3)14-28(33)31-24-9-7-8-23(15-24)21(5)32/h7-17H,6H2,1-5H3,(H,31,33)/b19-14+. The zero-order chi connectivity index (χ0) is 25.1. The minimum atomic E-state index is -0.283. The summed E-state index contributed by atoms with van der Waals surface area (Å²) in [5.74, 6) is 0.363. The number of aryl methyl sites for hydroxylation is 2. The normalized spacial score (nSPS) is 11.5. The predicted octanol–water partition coefficient (Wildman–Crippen LogP) is 7.36. The highest BCUT2D eigenvalue weighted by atomic mass is 16.5. The summed E-state index contributed by atoms with van der Waals surface area (Å²) in [4.78, 5) is 24.5. The predicted molar refractivity (Wildman–Crippen MR) is 141 cm³/mol. The van der Waals surface area contributed by atoms with Gasteiger partial charge in [0, 0.05) is 39.4 Å². The first-order valence-electron chi connectivity index (χ1n) is 11.6. The number of nitrogens with one attached hydrogen (secondary N) is 1. The fourth-order valence-corrected chi connectivity index (χ4v) is 4.16. The van der Waals surface area contributed by atoms with Crippen LogP contribution >= 0.6 is 0 Å². The lowest BCUT2D eigenvalue weighted by atomic mass is 9.96. The Bertz CT molecular complexity index is 1440. The van der Waals surface area contributed by atoms with Gasteiger partial charge < -0.3 is 14.5 Å². The third-order valence-electron chi connectivity index (χ3n) is 6.00. The second kappa shape index (κ2) is 10.0. The van der Waals surface area contributed by atoms with E-state index in [1.165, 1.54) is 12.5 Å². The van der Waals surface area contributed by atoms with Crippen LogP contribution in [-0.2, 0) is 4.79 Å². The lowest BCUT2D eigenvalue weighted by molar-refractivity contribution is -0.111. The van der Waals surface area contributed by atoms with Crippen LogP contribution in [-0.4, -0.2) is 18.3 Å². The fourth-order valence-electron chi connectivity index (χ4n) is 4.16. The van der Waals surface area contributed by atoms with Gasteiger partial charge in [-0.05, 0) is 64.0 Å². The molecule has 0 atom stereocenters. The maximum Gasteiger partial charge on any atom is 0.248 e. The summed E-state index contributed by atoms with van der Waals surface area (Å²) >= 11 is 0. The minimum absolute atomic E-state index is 0.0533. The lowest BCUT2D eigenvalue weighted by Crippen LogP contribution is -2.09. The molecule has 35 heavy (non-hydrogen) atoms. The van der Waals surface area contributed by atoms with Crippen LogP contribution in [0.15, 0.2) is 71.4 Å². The Balaban J connectivity index is 1.75. The number of furan rings is 1. The molecule has 0 aliphatic heterocycles. The molecule has 1 heterocycles. The van der Waals surface area contributed by atoms with Gasteiger partial charge in [0.2, 0.25) is 5.91 Å². The van der Waals surface area contributed by atoms with Crippen molar-refractivity contribution in [3.63, 3.8) is 0 Å². The number of ketones is 1. The van der Waals surface area contributed by atoms with Crippen LogP contribution < -0.4 is 10.1 Å². The molecule has 5 heteroatoms. The number of ether oxygens (including phenoxy) is 1. The van der Waals surface area contributed by atoms with Crippen molar-refractivity contribution in [3.8, 4) is 16.9 Å². The van der Waals surface area contributed by atoms with Crippen molar-refractivity contribution in [1.82, 2.24) is 0 Å². The van der Waals surface area contributed by atoms with E-state index in [2.05, 4.69) is 36.5 Å². The summed E-state index contributed by atoms with van der Waals surface area (Å²) in [5, 5.41) is 3.82. The number of allylic oxidation sites excluding steroid dienone is 1. The number of benzene rings is 3. The highest BCUT2D eigenvalue weighted by molar-refractivity contribution is 6.06. The van der Waals surface area contributed by atoms with Gasteiger partial charge in [0.15, 0.2) is 5.78 Å². The lowest BCUT2D eigenvalue weighted by Gasteiger charge is -2.15. The van der Waals surface area contributed by atoms with Gasteiger partial charge in [0.05, 0.1) is 12.9 Å². The Kier molecular flexibility index (Phi) is 6.87. The smallest absolute Gasteiger partial charge is 0.248 e. The molecule has 0 radical (unpaired) electrons. The SMILES string of the molecule is CCOc1c(/C(C)=C/C(=O)Nc2cccc(C(C)=O)c2)cc2c(-c3ccc(C)cc3)coc2c1C. The van der Waals surface area contributed by atoms with Gasteiger partial charge >= 0.3 is 0 Å². The first-order chi connectivity index (χ1) is 16.8. The molecule has 0 bridgehead atoms. The average Bonchev–Trinajstić information content (AvgIpc) is 3.25. The van der Waals surface area contributed by atoms with Gasteiger partial charge in [0.1, 0.15) is 11.3 Å². The largest absolute Gasteiger partial charge is 0.493 e. The zero-order valence-corrected chi connectivity index (χ0v) is 20.7. The monoisotopic (exact) mass is 467 g/mol. The summed E-state index contributed by atoms with van der Waals surface area (Å²) in [6, 6.07) is 17.2. The quantitative estimate of drug-likeness (QED) is 0.228. The van der Waals surface area contributed by atoms with Gasteiger partial charge in [0.25, 0.3) is 0 Å². The van der Waals surface area contributed by atoms with E-state index in [-0.39, 0.29) is 11.7 Å². The second-order valence-corrected chi connectivity index (χ2v) is 8.66. The summed E-state index contributed by atoms with van der Waals surface area (Å²) in [6.07, 6.45) is 3.32. The molecule has 5 nitrogen and oxygen atoms in total. The van der Waals surface area contributed by atoms with E-state index in [9.17, 15) is 9.59 Å². The summed E-state index contributed by atoms with van der Waals surface area (Å²) < 4.78 is 12.0. The Morgan fingerprint density at radius 3 is 2.46 bits per heavy atom. The van der Waals surface area contributed by atoms with E-state index in [0.717, 1.165) is 38.8 Å². The Morgan fingerprint density at radius 2 is 1.77 bits per heavy atom. The number of rotatable bonds is 7. The Morgan fingerprint density at radius 1 is 1.03 bits per heavy atom. The van der Waals surface area contributed by atoms with E-state index in [0.29, 0.717) is 23.6 Å². The Hall–Kier alpha value is -4.12. The number of anilines is 1. The van der Waals surface area contributed by atoms with Crippen LogP contribution in [0.2, 0.25) is 0 Å². The topological polar surface area (TPSA) is 68.5 Å². The average molecular weight is 468 g/mol. The number of hydrogen-bond acceptors (Lipinski definition) is 4. The molecule has 0 unspecified atom stereocenters. The molecular formula is C30H29NO4. The molecule has 0 saturated carbocycles. The summed E-state index contributed by atoms with van der Waals surface area (Å²) in [7, 11) is 0. The van der Waals surface area contributed by atoms with Gasteiger partial charge in [-0.25, -0.2) is 0 Å². The molecule has 3 aromatic carbocycles. The maximum atomic E-state index is 12.8. The highest BCUT2D eigenvalue weighted by Gasteiger charge is 2.19. The molecule has 0 spiro atoms. The molecule has 4 rings (SSSR count). The van der Waals surface area contributed by atoms with Crippen molar-refractivity contribution in [2.24, 2.45) is 0 Å². The molecule has 1 N–H and O–H groups in total. The molecule has 0 saturated heterocycles. The minimum Gasteiger partial charge on any atom is -0.493 e. The van der Waals surface area contributed by atoms with Crippen LogP contribution in [0.25, 0.3) is 27.7 Å². The van der Waals surface area contributed by atoms with E-state index in [1.807, 2.05) is 26.8 Å². The molecule has 0 fully saturated rings. The number of fused-ring (bicyclic) bond motifs is 1. The zero-order valence-electron chi connectivity index (χ0n) is 20.7. The van der Waals surface area contributed by atoms with E-state index in [4.69, 9.17) is 9.15 Å². The number of amides is 1. The number of Topliss-reactive ketones (excluding diaryl/α,β-unsaturated/α-hetero) is 1. The maximum absolute atomic E-state index is 12.8. The van der Waals surface area contributed by atoms with Crippen LogP contribution in [0.4, 0.5) is 5.69 Å². The van der Waals surface area contributed by atoms with Crippen molar-refractivity contribution < 1.29 is 18.7 Å². The third-order valence-corrected chi connectivity index (χ3v) is 6.00. The number of carbonyl (C=O) groups is 2. The van der Waals surface area contributed by atoms with Crippen LogP contribution in [0.3, 0.4) is 0 Å². The van der Waals surface area contributed by atoms with Crippen LogP contribution in [0, 0.1) is 13.8 Å².